The fourth-order valence-electron chi connectivity index (χ4n) is 2.60. The molecule has 0 radical (unpaired) electrons. The summed E-state index contributed by atoms with van der Waals surface area (Å²) in [5.41, 5.74) is 1.43. The van der Waals surface area contributed by atoms with Crippen molar-refractivity contribution in [2.45, 2.75) is 31.6 Å². The maximum atomic E-state index is 13.2. The Balaban J connectivity index is 2.00. The second-order valence-electron chi connectivity index (χ2n) is 5.02. The van der Waals surface area contributed by atoms with E-state index in [4.69, 9.17) is 0 Å². The zero-order valence-corrected chi connectivity index (χ0v) is 10.9. The van der Waals surface area contributed by atoms with Crippen molar-refractivity contribution in [1.82, 2.24) is 9.78 Å². The van der Waals surface area contributed by atoms with E-state index in [0.29, 0.717) is 11.5 Å². The topological polar surface area (TPSA) is 29.9 Å². The number of fused-ring (bicyclic) bond motifs is 1. The minimum absolute atomic E-state index is 0.0539. The Morgan fingerprint density at radius 3 is 2.60 bits per heavy atom. The van der Waals surface area contributed by atoms with Crippen molar-refractivity contribution in [2.24, 2.45) is 0 Å². The van der Waals surface area contributed by atoms with Gasteiger partial charge in [-0.3, -0.25) is 0 Å². The normalized spacial score (nSPS) is 22.2. The van der Waals surface area contributed by atoms with Crippen LogP contribution in [0.1, 0.15) is 29.8 Å². The summed E-state index contributed by atoms with van der Waals surface area (Å²) in [5, 5.41) is 7.10. The van der Waals surface area contributed by atoms with Crippen molar-refractivity contribution < 1.29 is 13.2 Å². The number of nitrogens with zero attached hydrogens (tertiary/aromatic N) is 2. The molecule has 2 atom stereocenters. The van der Waals surface area contributed by atoms with E-state index in [1.807, 2.05) is 30.3 Å². The summed E-state index contributed by atoms with van der Waals surface area (Å²) in [5.74, 6) is 0.421. The van der Waals surface area contributed by atoms with Gasteiger partial charge in [-0.2, -0.15) is 18.3 Å². The van der Waals surface area contributed by atoms with Crippen LogP contribution in [0.3, 0.4) is 0 Å². The van der Waals surface area contributed by atoms with Crippen molar-refractivity contribution in [2.75, 3.05) is 5.32 Å². The summed E-state index contributed by atoms with van der Waals surface area (Å²) in [6, 6.07) is 8.89. The van der Waals surface area contributed by atoms with Crippen LogP contribution >= 0.6 is 0 Å². The van der Waals surface area contributed by atoms with Crippen LogP contribution in [-0.4, -0.2) is 16.0 Å². The third-order valence-electron chi connectivity index (χ3n) is 3.51. The molecule has 1 aliphatic heterocycles. The largest absolute Gasteiger partial charge is 0.410 e. The van der Waals surface area contributed by atoms with Crippen LogP contribution in [0.4, 0.5) is 19.0 Å². The molecule has 0 bridgehead atoms. The molecule has 2 aromatic rings. The van der Waals surface area contributed by atoms with Gasteiger partial charge in [-0.05, 0) is 12.5 Å². The Kier molecular flexibility index (Phi) is 2.96. The molecule has 0 aliphatic carbocycles. The third-order valence-corrected chi connectivity index (χ3v) is 3.51. The Bertz CT molecular complexity index is 604. The molecular weight excluding hydrogens is 267 g/mol. The molecule has 2 heterocycles. The first-order valence-corrected chi connectivity index (χ1v) is 6.39. The average Bonchev–Trinajstić information content (AvgIpc) is 2.77. The number of hydrogen-bond acceptors (Lipinski definition) is 2. The smallest absolute Gasteiger partial charge is 0.363 e. The van der Waals surface area contributed by atoms with E-state index in [2.05, 4.69) is 10.4 Å². The van der Waals surface area contributed by atoms with Crippen molar-refractivity contribution in [1.29, 1.82) is 0 Å². The third kappa shape index (κ3) is 2.26. The molecule has 3 nitrogen and oxygen atoms in total. The average molecular weight is 281 g/mol. The van der Waals surface area contributed by atoms with Crippen molar-refractivity contribution in [3.05, 3.63) is 47.7 Å². The fraction of sp³-hybridized carbons (Fsp3) is 0.357. The molecule has 0 saturated heterocycles. The molecule has 3 rings (SSSR count). The Labute approximate surface area is 114 Å². The number of nitrogens with one attached hydrogen (secondary N) is 1. The van der Waals surface area contributed by atoms with Crippen LogP contribution < -0.4 is 5.32 Å². The van der Waals surface area contributed by atoms with Gasteiger partial charge >= 0.3 is 6.18 Å². The van der Waals surface area contributed by atoms with E-state index in [9.17, 15) is 13.2 Å². The van der Waals surface area contributed by atoms with E-state index < -0.39 is 12.2 Å². The van der Waals surface area contributed by atoms with Crippen LogP contribution in [0, 0.1) is 6.92 Å². The summed E-state index contributed by atoms with van der Waals surface area (Å²) in [6.07, 6.45) is -4.36. The van der Waals surface area contributed by atoms with E-state index in [1.165, 1.54) is 0 Å². The maximum absolute atomic E-state index is 13.2. The number of alkyl halides is 3. The minimum atomic E-state index is -4.30. The SMILES string of the molecule is Cc1cc2n(n1)[C@@H](C(F)(F)F)C[C@H](c1ccccc1)N2. The number of benzene rings is 1. The summed E-state index contributed by atoms with van der Waals surface area (Å²) < 4.78 is 40.7. The van der Waals surface area contributed by atoms with Crippen molar-refractivity contribution in [3.8, 4) is 0 Å². The maximum Gasteiger partial charge on any atom is 0.410 e. The predicted octanol–water partition coefficient (Wildman–Crippen LogP) is 3.85. The molecule has 0 unspecified atom stereocenters. The van der Waals surface area contributed by atoms with E-state index in [0.717, 1.165) is 10.2 Å². The van der Waals surface area contributed by atoms with Crippen LogP contribution in [-0.2, 0) is 0 Å². The van der Waals surface area contributed by atoms with Gasteiger partial charge in [0.1, 0.15) is 5.82 Å². The molecule has 1 aromatic carbocycles. The van der Waals surface area contributed by atoms with Crippen LogP contribution in [0.2, 0.25) is 0 Å². The highest BCUT2D eigenvalue weighted by Crippen LogP contribution is 2.43. The highest BCUT2D eigenvalue weighted by Gasteiger charge is 2.46. The first kappa shape index (κ1) is 13.0. The molecule has 1 aliphatic rings. The van der Waals surface area contributed by atoms with Crippen molar-refractivity contribution >= 4 is 5.82 Å². The first-order valence-electron chi connectivity index (χ1n) is 6.39. The second-order valence-corrected chi connectivity index (χ2v) is 5.02. The molecule has 1 N–H and O–H groups in total. The van der Waals surface area contributed by atoms with Gasteiger partial charge in [-0.1, -0.05) is 30.3 Å². The van der Waals surface area contributed by atoms with E-state index >= 15 is 0 Å². The number of aromatic nitrogens is 2. The molecule has 20 heavy (non-hydrogen) atoms. The highest BCUT2D eigenvalue weighted by atomic mass is 19.4. The highest BCUT2D eigenvalue weighted by molar-refractivity contribution is 5.43. The van der Waals surface area contributed by atoms with E-state index in [1.54, 1.807) is 13.0 Å². The zero-order valence-electron chi connectivity index (χ0n) is 10.9. The number of aryl methyl sites for hydroxylation is 1. The van der Waals surface area contributed by atoms with Crippen LogP contribution in [0.15, 0.2) is 36.4 Å². The number of rotatable bonds is 1. The molecule has 6 heteroatoms. The lowest BCUT2D eigenvalue weighted by atomic mass is 9.97. The van der Waals surface area contributed by atoms with Gasteiger partial charge in [0.15, 0.2) is 6.04 Å². The summed E-state index contributed by atoms with van der Waals surface area (Å²) in [6.45, 7) is 1.69. The standard InChI is InChI=1S/C14H14F3N3/c1-9-7-13-18-11(10-5-3-2-4-6-10)8-12(14(15,16)17)20(13)19-9/h2-7,11-12,18H,8H2,1H3/t11-,12-/m1/s1. The lowest BCUT2D eigenvalue weighted by Gasteiger charge is -2.33. The van der Waals surface area contributed by atoms with Gasteiger partial charge < -0.3 is 5.32 Å². The second kappa shape index (κ2) is 4.54. The Morgan fingerprint density at radius 2 is 1.95 bits per heavy atom. The monoisotopic (exact) mass is 281 g/mol. The first-order chi connectivity index (χ1) is 9.45. The Morgan fingerprint density at radius 1 is 1.25 bits per heavy atom. The van der Waals surface area contributed by atoms with Crippen LogP contribution in [0.25, 0.3) is 0 Å². The van der Waals surface area contributed by atoms with Gasteiger partial charge in [-0.15, -0.1) is 0 Å². The van der Waals surface area contributed by atoms with Gasteiger partial charge in [0.05, 0.1) is 11.7 Å². The molecule has 0 fully saturated rings. The quantitative estimate of drug-likeness (QED) is 0.860. The fourth-order valence-corrected chi connectivity index (χ4v) is 2.60. The summed E-state index contributed by atoms with van der Waals surface area (Å²) in [4.78, 5) is 0. The molecule has 0 saturated carbocycles. The number of hydrogen-bond donors (Lipinski definition) is 1. The molecular formula is C14H14F3N3. The van der Waals surface area contributed by atoms with Gasteiger partial charge in [0, 0.05) is 12.5 Å². The lowest BCUT2D eigenvalue weighted by molar-refractivity contribution is -0.173. The Hall–Kier alpha value is -1.98. The van der Waals surface area contributed by atoms with Gasteiger partial charge in [-0.25, -0.2) is 4.68 Å². The number of anilines is 1. The van der Waals surface area contributed by atoms with Crippen LogP contribution in [0.5, 0.6) is 0 Å². The summed E-state index contributed by atoms with van der Waals surface area (Å²) in [7, 11) is 0. The van der Waals surface area contributed by atoms with E-state index in [-0.39, 0.29) is 12.5 Å². The predicted molar refractivity (Wildman–Crippen MR) is 69.5 cm³/mol. The minimum Gasteiger partial charge on any atom is -0.363 e. The van der Waals surface area contributed by atoms with Gasteiger partial charge in [0.2, 0.25) is 0 Å². The molecule has 0 spiro atoms. The molecule has 106 valence electrons. The van der Waals surface area contributed by atoms with Gasteiger partial charge in [0.25, 0.3) is 0 Å². The van der Waals surface area contributed by atoms with Crippen molar-refractivity contribution in [3.63, 3.8) is 0 Å². The molecule has 0 amide bonds. The lowest BCUT2D eigenvalue weighted by Crippen LogP contribution is -2.35. The summed E-state index contributed by atoms with van der Waals surface area (Å²) >= 11 is 0. The zero-order chi connectivity index (χ0) is 14.3. The number of halogens is 3. The molecule has 1 aromatic heterocycles.